The molecule has 8 heteroatoms. The summed E-state index contributed by atoms with van der Waals surface area (Å²) in [6.07, 6.45) is 17.4. The maximum Gasteiger partial charge on any atom is 0.155 e. The standard InChI is InChI=1S/C43H80O8/c1-29(47-28-31(3)49-33(5)51-41-24-16-37(17-25-41)43(8,9)35-12-20-39(45)21-13-35)26-46-30(2)27-48-32(4)50-40-22-14-36(15-23-40)42(6,7)34-10-18-38(44)19-11-34/h29-41,44-45H,10-28H2,1-9H3. The molecule has 0 amide bonds. The summed E-state index contributed by atoms with van der Waals surface area (Å²) < 4.78 is 37.0. The minimum absolute atomic E-state index is 0.0485. The van der Waals surface area contributed by atoms with Gasteiger partial charge in [0.1, 0.15) is 0 Å². The smallest absolute Gasteiger partial charge is 0.155 e. The Hall–Kier alpha value is -0.320. The topological polar surface area (TPSA) is 95.8 Å². The molecule has 4 rings (SSSR count). The average Bonchev–Trinajstić information content (AvgIpc) is 3.09. The molecule has 51 heavy (non-hydrogen) atoms. The summed E-state index contributed by atoms with van der Waals surface area (Å²) in [5, 5.41) is 19.9. The van der Waals surface area contributed by atoms with E-state index < -0.39 is 0 Å². The van der Waals surface area contributed by atoms with Crippen LogP contribution in [-0.4, -0.2) is 85.3 Å². The molecule has 0 saturated heterocycles. The molecule has 4 saturated carbocycles. The molecule has 0 aromatic rings. The Bertz CT molecular complexity index is 942. The normalized spacial score (nSPS) is 34.4. The molecule has 4 aliphatic rings. The summed E-state index contributed by atoms with van der Waals surface area (Å²) >= 11 is 0. The highest BCUT2D eigenvalue weighted by atomic mass is 16.7. The molecule has 0 spiro atoms. The van der Waals surface area contributed by atoms with Crippen molar-refractivity contribution < 1.29 is 38.6 Å². The van der Waals surface area contributed by atoms with Crippen molar-refractivity contribution in [2.24, 2.45) is 34.5 Å². The van der Waals surface area contributed by atoms with E-state index >= 15 is 0 Å². The first-order valence-electron chi connectivity index (χ1n) is 21.3. The van der Waals surface area contributed by atoms with Gasteiger partial charge in [0.15, 0.2) is 12.6 Å². The monoisotopic (exact) mass is 725 g/mol. The fourth-order valence-electron chi connectivity index (χ4n) is 10.1. The molecule has 5 unspecified atom stereocenters. The molecule has 5 atom stereocenters. The lowest BCUT2D eigenvalue weighted by Gasteiger charge is -2.46. The molecule has 0 aromatic heterocycles. The number of hydrogen-bond acceptors (Lipinski definition) is 8. The van der Waals surface area contributed by atoms with Gasteiger partial charge >= 0.3 is 0 Å². The van der Waals surface area contributed by atoms with Crippen LogP contribution in [0.4, 0.5) is 0 Å². The summed E-state index contributed by atoms with van der Waals surface area (Å²) in [6, 6.07) is 0. The van der Waals surface area contributed by atoms with Crippen LogP contribution in [0.3, 0.4) is 0 Å². The van der Waals surface area contributed by atoms with Gasteiger partial charge in [-0.15, -0.1) is 0 Å². The lowest BCUT2D eigenvalue weighted by Crippen LogP contribution is -2.39. The van der Waals surface area contributed by atoms with Gasteiger partial charge < -0.3 is 38.6 Å². The molecule has 0 heterocycles. The van der Waals surface area contributed by atoms with Crippen LogP contribution < -0.4 is 0 Å². The number of aliphatic hydroxyl groups excluding tert-OH is 2. The SMILES string of the molecule is CC(COC(C)COC(C)OC1CCC(C(C)(C)C2CCC(O)CC2)CC1)OCC(C)OC(C)OC1CCC(C(C)(C)C2CCC(O)CC2)CC1. The van der Waals surface area contributed by atoms with E-state index in [1.807, 2.05) is 34.6 Å². The molecule has 8 nitrogen and oxygen atoms in total. The lowest BCUT2D eigenvalue weighted by molar-refractivity contribution is -0.202. The van der Waals surface area contributed by atoms with E-state index in [9.17, 15) is 10.2 Å². The highest BCUT2D eigenvalue weighted by Crippen LogP contribution is 2.50. The Kier molecular flexibility index (Phi) is 17.5. The average molecular weight is 725 g/mol. The van der Waals surface area contributed by atoms with E-state index in [1.165, 1.54) is 25.7 Å². The maximum absolute atomic E-state index is 9.95. The van der Waals surface area contributed by atoms with Crippen LogP contribution in [-0.2, 0) is 28.4 Å². The molecule has 4 aliphatic carbocycles. The Balaban J connectivity index is 1.01. The molecule has 4 fully saturated rings. The Morgan fingerprint density at radius 1 is 0.431 bits per heavy atom. The lowest BCUT2D eigenvalue weighted by atomic mass is 9.60. The summed E-state index contributed by atoms with van der Waals surface area (Å²) in [6.45, 7) is 21.5. The predicted molar refractivity (Wildman–Crippen MR) is 203 cm³/mol. The molecule has 0 bridgehead atoms. The van der Waals surface area contributed by atoms with Gasteiger partial charge in [0.2, 0.25) is 0 Å². The summed E-state index contributed by atoms with van der Waals surface area (Å²) in [4.78, 5) is 0. The van der Waals surface area contributed by atoms with Crippen molar-refractivity contribution in [3.63, 3.8) is 0 Å². The molecule has 0 aromatic carbocycles. The van der Waals surface area contributed by atoms with Crippen molar-refractivity contribution in [3.05, 3.63) is 0 Å². The van der Waals surface area contributed by atoms with Gasteiger partial charge in [0, 0.05) is 0 Å². The van der Waals surface area contributed by atoms with Gasteiger partial charge in [-0.05, 0) is 172 Å². The number of aliphatic hydroxyl groups is 2. The zero-order valence-corrected chi connectivity index (χ0v) is 34.3. The molecular formula is C43H80O8. The number of hydrogen-bond donors (Lipinski definition) is 2. The molecule has 0 aliphatic heterocycles. The number of ether oxygens (including phenoxy) is 6. The Labute approximate surface area is 312 Å². The second kappa shape index (κ2) is 20.6. The fraction of sp³-hybridized carbons (Fsp3) is 1.00. The highest BCUT2D eigenvalue weighted by Gasteiger charge is 2.42. The molecule has 300 valence electrons. The second-order valence-corrected chi connectivity index (χ2v) is 18.6. The first kappa shape index (κ1) is 43.4. The Morgan fingerprint density at radius 3 is 1.14 bits per heavy atom. The summed E-state index contributed by atoms with van der Waals surface area (Å²) in [5.74, 6) is 2.91. The van der Waals surface area contributed by atoms with E-state index in [-0.39, 0.29) is 55.3 Å². The van der Waals surface area contributed by atoms with Gasteiger partial charge in [0.25, 0.3) is 0 Å². The largest absolute Gasteiger partial charge is 0.393 e. The third-order valence-corrected chi connectivity index (χ3v) is 13.9. The van der Waals surface area contributed by atoms with Crippen molar-refractivity contribution >= 4 is 0 Å². The van der Waals surface area contributed by atoms with Gasteiger partial charge in [0.05, 0.1) is 62.5 Å². The fourth-order valence-corrected chi connectivity index (χ4v) is 10.1. The van der Waals surface area contributed by atoms with Gasteiger partial charge in [-0.1, -0.05) is 27.7 Å². The van der Waals surface area contributed by atoms with E-state index in [4.69, 9.17) is 28.4 Å². The van der Waals surface area contributed by atoms with Crippen LogP contribution in [0, 0.1) is 34.5 Å². The van der Waals surface area contributed by atoms with E-state index in [0.29, 0.717) is 30.7 Å². The van der Waals surface area contributed by atoms with Crippen LogP contribution in [0.25, 0.3) is 0 Å². The maximum atomic E-state index is 9.95. The minimum Gasteiger partial charge on any atom is -0.393 e. The second-order valence-electron chi connectivity index (χ2n) is 18.6. The van der Waals surface area contributed by atoms with Gasteiger partial charge in [-0.25, -0.2) is 0 Å². The molecule has 0 radical (unpaired) electrons. The minimum atomic E-state index is -0.259. The molecule has 2 N–H and O–H groups in total. The van der Waals surface area contributed by atoms with Gasteiger partial charge in [-0.3, -0.25) is 0 Å². The van der Waals surface area contributed by atoms with Crippen molar-refractivity contribution in [2.75, 3.05) is 19.8 Å². The predicted octanol–water partition coefficient (Wildman–Crippen LogP) is 9.22. The van der Waals surface area contributed by atoms with Gasteiger partial charge in [-0.2, -0.15) is 0 Å². The summed E-state index contributed by atoms with van der Waals surface area (Å²) in [5.41, 5.74) is 0.661. The summed E-state index contributed by atoms with van der Waals surface area (Å²) in [7, 11) is 0. The third kappa shape index (κ3) is 13.7. The quantitative estimate of drug-likeness (QED) is 0.127. The van der Waals surface area contributed by atoms with E-state index in [0.717, 1.165) is 101 Å². The van der Waals surface area contributed by atoms with Crippen molar-refractivity contribution in [2.45, 2.75) is 220 Å². The van der Waals surface area contributed by atoms with Crippen LogP contribution >= 0.6 is 0 Å². The van der Waals surface area contributed by atoms with E-state index in [2.05, 4.69) is 27.7 Å². The number of rotatable bonds is 19. The third-order valence-electron chi connectivity index (χ3n) is 13.9. The van der Waals surface area contributed by atoms with E-state index in [1.54, 1.807) is 0 Å². The zero-order valence-electron chi connectivity index (χ0n) is 34.3. The van der Waals surface area contributed by atoms with Crippen molar-refractivity contribution in [3.8, 4) is 0 Å². The van der Waals surface area contributed by atoms with Crippen molar-refractivity contribution in [1.29, 1.82) is 0 Å². The zero-order chi connectivity index (χ0) is 37.2. The highest BCUT2D eigenvalue weighted by molar-refractivity contribution is 4.92. The molecular weight excluding hydrogens is 644 g/mol. The Morgan fingerprint density at radius 2 is 0.745 bits per heavy atom. The first-order valence-corrected chi connectivity index (χ1v) is 21.3. The van der Waals surface area contributed by atoms with Crippen LogP contribution in [0.2, 0.25) is 0 Å². The van der Waals surface area contributed by atoms with Crippen molar-refractivity contribution in [1.82, 2.24) is 0 Å². The first-order chi connectivity index (χ1) is 24.1. The van der Waals surface area contributed by atoms with Crippen LogP contribution in [0.15, 0.2) is 0 Å². The van der Waals surface area contributed by atoms with Crippen LogP contribution in [0.1, 0.15) is 165 Å². The van der Waals surface area contributed by atoms with Crippen LogP contribution in [0.5, 0.6) is 0 Å².